The fraction of sp³-hybridized carbons (Fsp3) is 0.462. The predicted octanol–water partition coefficient (Wildman–Crippen LogP) is 4.94. The van der Waals surface area contributed by atoms with Crippen LogP contribution in [0.2, 0.25) is 5.02 Å². The third kappa shape index (κ3) is 2.90. The first kappa shape index (κ1) is 12.7. The summed E-state index contributed by atoms with van der Waals surface area (Å²) in [4.78, 5) is 4.57. The maximum atomic E-state index is 6.14. The van der Waals surface area contributed by atoms with Crippen molar-refractivity contribution in [2.24, 2.45) is 0 Å². The van der Waals surface area contributed by atoms with Gasteiger partial charge in [-0.15, -0.1) is 0 Å². The molecule has 1 aromatic heterocycles. The summed E-state index contributed by atoms with van der Waals surface area (Å²) in [5.41, 5.74) is 0.983. The Morgan fingerprint density at radius 2 is 2.24 bits per heavy atom. The van der Waals surface area contributed by atoms with Crippen LogP contribution in [0.5, 0.6) is 0 Å². The zero-order valence-electron chi connectivity index (χ0n) is 10.2. The Kier molecular flexibility index (Phi) is 4.24. The maximum Gasteiger partial charge on any atom is 0.184 e. The molecule has 0 amide bonds. The van der Waals surface area contributed by atoms with Crippen molar-refractivity contribution in [2.75, 3.05) is 5.32 Å². The fourth-order valence-corrected chi connectivity index (χ4v) is 3.11. The number of nitrogens with zero attached hydrogens (tertiary/aromatic N) is 1. The molecule has 0 fully saturated rings. The van der Waals surface area contributed by atoms with Crippen molar-refractivity contribution in [1.82, 2.24) is 4.98 Å². The summed E-state index contributed by atoms with van der Waals surface area (Å²) in [5, 5.41) is 5.26. The maximum absolute atomic E-state index is 6.14. The van der Waals surface area contributed by atoms with Crippen LogP contribution in [-0.2, 0) is 0 Å². The summed E-state index contributed by atoms with van der Waals surface area (Å²) >= 11 is 7.78. The molecule has 0 aliphatic heterocycles. The first-order chi connectivity index (χ1) is 8.24. The van der Waals surface area contributed by atoms with Crippen LogP contribution in [0.4, 0.5) is 5.13 Å². The molecule has 0 spiro atoms. The van der Waals surface area contributed by atoms with Crippen LogP contribution < -0.4 is 5.32 Å². The van der Waals surface area contributed by atoms with Crippen LogP contribution in [0.1, 0.15) is 33.1 Å². The molecule has 1 atom stereocenters. The molecule has 0 saturated carbocycles. The molecule has 1 unspecified atom stereocenters. The van der Waals surface area contributed by atoms with E-state index in [-0.39, 0.29) is 0 Å². The van der Waals surface area contributed by atoms with Crippen molar-refractivity contribution in [1.29, 1.82) is 0 Å². The average molecular weight is 269 g/mol. The van der Waals surface area contributed by atoms with E-state index in [1.807, 2.05) is 18.2 Å². The van der Waals surface area contributed by atoms with Crippen LogP contribution in [0, 0.1) is 0 Å². The summed E-state index contributed by atoms with van der Waals surface area (Å²) in [6.45, 7) is 4.41. The molecular formula is C13H17ClN2S. The number of anilines is 1. The molecule has 2 rings (SSSR count). The summed E-state index contributed by atoms with van der Waals surface area (Å²) in [6.07, 6.45) is 3.49. The molecule has 2 aromatic rings. The lowest BCUT2D eigenvalue weighted by Crippen LogP contribution is -2.17. The number of rotatable bonds is 5. The Morgan fingerprint density at radius 1 is 1.41 bits per heavy atom. The Morgan fingerprint density at radius 3 is 2.88 bits per heavy atom. The zero-order chi connectivity index (χ0) is 12.3. The number of hydrogen-bond donors (Lipinski definition) is 1. The normalized spacial score (nSPS) is 12.9. The Balaban J connectivity index is 2.21. The highest BCUT2D eigenvalue weighted by Gasteiger charge is 2.10. The van der Waals surface area contributed by atoms with Crippen molar-refractivity contribution in [3.63, 3.8) is 0 Å². The number of halogens is 1. The third-order valence-corrected chi connectivity index (χ3v) is 4.29. The van der Waals surface area contributed by atoms with Crippen LogP contribution in [0.25, 0.3) is 10.2 Å². The monoisotopic (exact) mass is 268 g/mol. The van der Waals surface area contributed by atoms with Gasteiger partial charge >= 0.3 is 0 Å². The van der Waals surface area contributed by atoms with E-state index in [0.29, 0.717) is 6.04 Å². The van der Waals surface area contributed by atoms with Crippen molar-refractivity contribution >= 4 is 38.3 Å². The second kappa shape index (κ2) is 5.69. The molecule has 0 bridgehead atoms. The molecule has 1 N–H and O–H groups in total. The summed E-state index contributed by atoms with van der Waals surface area (Å²) in [7, 11) is 0. The molecule has 2 nitrogen and oxygen atoms in total. The zero-order valence-corrected chi connectivity index (χ0v) is 11.7. The van der Waals surface area contributed by atoms with E-state index in [1.54, 1.807) is 11.3 Å². The smallest absolute Gasteiger partial charge is 0.184 e. The second-order valence-electron chi connectivity index (χ2n) is 4.15. The van der Waals surface area contributed by atoms with Crippen LogP contribution in [0.15, 0.2) is 18.2 Å². The quantitative estimate of drug-likeness (QED) is 0.831. The van der Waals surface area contributed by atoms with Gasteiger partial charge in [0.05, 0.1) is 15.2 Å². The number of hydrogen-bond acceptors (Lipinski definition) is 3. The lowest BCUT2D eigenvalue weighted by atomic mass is 10.1. The number of nitrogens with one attached hydrogen (secondary N) is 1. The van der Waals surface area contributed by atoms with Gasteiger partial charge in [-0.1, -0.05) is 49.3 Å². The first-order valence-electron chi connectivity index (χ1n) is 6.06. The molecular weight excluding hydrogens is 252 g/mol. The standard InChI is InChI=1S/C13H17ClN2S/c1-3-6-9(4-2)15-13-16-11-8-5-7-10(14)12(11)17-13/h5,7-9H,3-4,6H2,1-2H3,(H,15,16). The molecule has 0 saturated heterocycles. The fourth-order valence-electron chi connectivity index (χ4n) is 1.88. The van der Waals surface area contributed by atoms with E-state index >= 15 is 0 Å². The van der Waals surface area contributed by atoms with Gasteiger partial charge in [0, 0.05) is 6.04 Å². The molecule has 1 heterocycles. The van der Waals surface area contributed by atoms with Gasteiger partial charge in [-0.05, 0) is 25.0 Å². The molecule has 0 aliphatic rings. The van der Waals surface area contributed by atoms with Gasteiger partial charge in [0.25, 0.3) is 0 Å². The lowest BCUT2D eigenvalue weighted by Gasteiger charge is -2.14. The van der Waals surface area contributed by atoms with E-state index in [4.69, 9.17) is 11.6 Å². The summed E-state index contributed by atoms with van der Waals surface area (Å²) in [6, 6.07) is 6.37. The third-order valence-electron chi connectivity index (χ3n) is 2.82. The SMILES string of the molecule is CCCC(CC)Nc1nc2cccc(Cl)c2s1. The largest absolute Gasteiger partial charge is 0.359 e. The minimum atomic E-state index is 0.513. The van der Waals surface area contributed by atoms with Crippen LogP contribution >= 0.6 is 22.9 Å². The van der Waals surface area contributed by atoms with E-state index in [1.165, 1.54) is 12.8 Å². The summed E-state index contributed by atoms with van der Waals surface area (Å²) in [5.74, 6) is 0. The van der Waals surface area contributed by atoms with Gasteiger partial charge < -0.3 is 5.32 Å². The van der Waals surface area contributed by atoms with Gasteiger partial charge in [0.15, 0.2) is 5.13 Å². The Bertz CT molecular complexity index is 495. The van der Waals surface area contributed by atoms with Crippen LogP contribution in [0.3, 0.4) is 0 Å². The summed E-state index contributed by atoms with van der Waals surface area (Å²) < 4.78 is 1.07. The Labute approximate surface area is 111 Å². The minimum absolute atomic E-state index is 0.513. The lowest BCUT2D eigenvalue weighted by molar-refractivity contribution is 0.622. The van der Waals surface area contributed by atoms with Gasteiger partial charge in [0.1, 0.15) is 0 Å². The van der Waals surface area contributed by atoms with E-state index in [9.17, 15) is 0 Å². The van der Waals surface area contributed by atoms with Crippen molar-refractivity contribution in [3.8, 4) is 0 Å². The van der Waals surface area contributed by atoms with Crippen molar-refractivity contribution < 1.29 is 0 Å². The topological polar surface area (TPSA) is 24.9 Å². The number of benzene rings is 1. The average Bonchev–Trinajstić information content (AvgIpc) is 2.72. The van der Waals surface area contributed by atoms with E-state index < -0.39 is 0 Å². The van der Waals surface area contributed by atoms with Gasteiger partial charge in [0.2, 0.25) is 0 Å². The molecule has 92 valence electrons. The molecule has 17 heavy (non-hydrogen) atoms. The van der Waals surface area contributed by atoms with E-state index in [2.05, 4.69) is 24.1 Å². The van der Waals surface area contributed by atoms with Gasteiger partial charge in [-0.3, -0.25) is 0 Å². The first-order valence-corrected chi connectivity index (χ1v) is 7.25. The molecule has 0 radical (unpaired) electrons. The second-order valence-corrected chi connectivity index (χ2v) is 5.55. The number of aromatic nitrogens is 1. The highest BCUT2D eigenvalue weighted by molar-refractivity contribution is 7.22. The Hall–Kier alpha value is -0.800. The highest BCUT2D eigenvalue weighted by Crippen LogP contribution is 2.32. The predicted molar refractivity (Wildman–Crippen MR) is 77.2 cm³/mol. The number of thiazole rings is 1. The number of fused-ring (bicyclic) bond motifs is 1. The minimum Gasteiger partial charge on any atom is -0.359 e. The molecule has 0 aliphatic carbocycles. The van der Waals surface area contributed by atoms with E-state index in [0.717, 1.165) is 26.8 Å². The van der Waals surface area contributed by atoms with Crippen molar-refractivity contribution in [2.45, 2.75) is 39.2 Å². The highest BCUT2D eigenvalue weighted by atomic mass is 35.5. The van der Waals surface area contributed by atoms with Gasteiger partial charge in [-0.25, -0.2) is 4.98 Å². The van der Waals surface area contributed by atoms with Crippen molar-refractivity contribution in [3.05, 3.63) is 23.2 Å². The van der Waals surface area contributed by atoms with Crippen LogP contribution in [-0.4, -0.2) is 11.0 Å². The molecule has 4 heteroatoms. The van der Waals surface area contributed by atoms with Gasteiger partial charge in [-0.2, -0.15) is 0 Å². The molecule has 1 aromatic carbocycles.